The largest absolute Gasteiger partial charge is 0.482 e. The van der Waals surface area contributed by atoms with Crippen LogP contribution in [0.5, 0.6) is 0 Å². The van der Waals surface area contributed by atoms with E-state index in [0.29, 0.717) is 0 Å². The van der Waals surface area contributed by atoms with Gasteiger partial charge in [-0.3, -0.25) is 4.99 Å². The molecule has 0 aromatic heterocycles. The number of rotatable bonds is 0. The average molecular weight is 114 g/mol. The molecule has 1 rings (SSSR count). The maximum absolute atomic E-state index is 6.88. The lowest BCUT2D eigenvalue weighted by atomic mass is 10.8. The molecular formula is C4H6N2O2. The predicted octanol–water partition coefficient (Wildman–Crippen LogP) is -0.115. The van der Waals surface area contributed by atoms with Gasteiger partial charge in [-0.05, 0) is 0 Å². The minimum atomic E-state index is 0.750. The van der Waals surface area contributed by atoms with E-state index in [2.05, 4.69) is 9.73 Å². The molecule has 0 spiro atoms. The van der Waals surface area contributed by atoms with Crippen LogP contribution in [0.25, 0.3) is 0 Å². The van der Waals surface area contributed by atoms with Crippen LogP contribution in [-0.4, -0.2) is 24.7 Å². The number of ether oxygens (including phenoxy) is 1. The molecule has 0 radical (unpaired) electrons. The second kappa shape index (κ2) is 5.76. The van der Waals surface area contributed by atoms with Gasteiger partial charge in [0.25, 0.3) is 6.26 Å². The van der Waals surface area contributed by atoms with Crippen LogP contribution in [0.15, 0.2) is 4.99 Å². The SMILES string of the molecule is C1=NCCO1.N#CO. The van der Waals surface area contributed by atoms with Crippen LogP contribution in [0.2, 0.25) is 0 Å². The Bertz CT molecular complexity index is 99.1. The molecule has 0 atom stereocenters. The van der Waals surface area contributed by atoms with Crippen LogP contribution in [0, 0.1) is 11.5 Å². The van der Waals surface area contributed by atoms with Gasteiger partial charge in [-0.25, -0.2) is 0 Å². The van der Waals surface area contributed by atoms with Crippen LogP contribution in [0.3, 0.4) is 0 Å². The molecular weight excluding hydrogens is 108 g/mol. The molecule has 0 amide bonds. The molecule has 1 heterocycles. The first-order valence-corrected chi connectivity index (χ1v) is 2.05. The highest BCUT2D eigenvalue weighted by molar-refractivity contribution is 5.47. The van der Waals surface area contributed by atoms with Gasteiger partial charge in [0, 0.05) is 0 Å². The van der Waals surface area contributed by atoms with Crippen molar-refractivity contribution < 1.29 is 9.84 Å². The van der Waals surface area contributed by atoms with E-state index in [1.807, 2.05) is 0 Å². The van der Waals surface area contributed by atoms with Crippen molar-refractivity contribution in [2.75, 3.05) is 13.2 Å². The number of aliphatic imine (C=N–C) groups is 1. The van der Waals surface area contributed by atoms with Gasteiger partial charge < -0.3 is 9.84 Å². The monoisotopic (exact) mass is 114 g/mol. The summed E-state index contributed by atoms with van der Waals surface area (Å²) in [7, 11) is 0. The number of aliphatic hydroxyl groups excluding tert-OH is 1. The van der Waals surface area contributed by atoms with Crippen LogP contribution in [0.1, 0.15) is 0 Å². The molecule has 0 saturated carbocycles. The van der Waals surface area contributed by atoms with E-state index in [0.717, 1.165) is 19.4 Å². The lowest BCUT2D eigenvalue weighted by Gasteiger charge is -1.76. The Morgan fingerprint density at radius 1 is 1.88 bits per heavy atom. The molecule has 8 heavy (non-hydrogen) atoms. The highest BCUT2D eigenvalue weighted by atomic mass is 16.5. The Hall–Kier alpha value is -1.24. The number of hydrogen-bond donors (Lipinski definition) is 1. The third kappa shape index (κ3) is 4.76. The molecule has 1 aliphatic heterocycles. The highest BCUT2D eigenvalue weighted by Crippen LogP contribution is 1.78. The summed E-state index contributed by atoms with van der Waals surface area (Å²) >= 11 is 0. The lowest BCUT2D eigenvalue weighted by molar-refractivity contribution is 0.361. The summed E-state index contributed by atoms with van der Waals surface area (Å²) in [5, 5.41) is 13.8. The van der Waals surface area contributed by atoms with E-state index < -0.39 is 0 Å². The van der Waals surface area contributed by atoms with Crippen molar-refractivity contribution >= 4 is 6.40 Å². The first kappa shape index (κ1) is 6.76. The van der Waals surface area contributed by atoms with Crippen LogP contribution >= 0.6 is 0 Å². The number of nitriles is 1. The van der Waals surface area contributed by atoms with Gasteiger partial charge in [-0.1, -0.05) is 0 Å². The third-order valence-electron chi connectivity index (χ3n) is 0.487. The maximum Gasteiger partial charge on any atom is 0.283 e. The Labute approximate surface area is 47.0 Å². The summed E-state index contributed by atoms with van der Waals surface area (Å²) in [5.74, 6) is 0. The van der Waals surface area contributed by atoms with Gasteiger partial charge in [0.1, 0.15) is 6.61 Å². The molecule has 0 bridgehead atoms. The number of aliphatic hydroxyl groups is 1. The highest BCUT2D eigenvalue weighted by Gasteiger charge is 1.84. The van der Waals surface area contributed by atoms with Crippen molar-refractivity contribution in [2.24, 2.45) is 4.99 Å². The van der Waals surface area contributed by atoms with Crippen LogP contribution in [0.4, 0.5) is 0 Å². The maximum atomic E-state index is 6.88. The molecule has 1 N–H and O–H groups in total. The van der Waals surface area contributed by atoms with Crippen molar-refractivity contribution in [3.05, 3.63) is 0 Å². The van der Waals surface area contributed by atoms with E-state index in [-0.39, 0.29) is 0 Å². The van der Waals surface area contributed by atoms with Gasteiger partial charge in [-0.2, -0.15) is 5.26 Å². The van der Waals surface area contributed by atoms with Crippen LogP contribution in [-0.2, 0) is 4.74 Å². The second-order valence-electron chi connectivity index (χ2n) is 0.982. The van der Waals surface area contributed by atoms with Crippen molar-refractivity contribution in [1.82, 2.24) is 0 Å². The molecule has 0 fully saturated rings. The molecule has 1 aliphatic rings. The van der Waals surface area contributed by atoms with E-state index in [1.54, 1.807) is 0 Å². The molecule has 4 heteroatoms. The fourth-order valence-electron chi connectivity index (χ4n) is 0.264. The van der Waals surface area contributed by atoms with Crippen molar-refractivity contribution in [1.29, 1.82) is 5.26 Å². The van der Waals surface area contributed by atoms with Crippen LogP contribution < -0.4 is 0 Å². The third-order valence-corrected chi connectivity index (χ3v) is 0.487. The predicted molar refractivity (Wildman–Crippen MR) is 26.9 cm³/mol. The number of nitrogens with zero attached hydrogens (tertiary/aromatic N) is 2. The minimum Gasteiger partial charge on any atom is -0.482 e. The van der Waals surface area contributed by atoms with E-state index in [9.17, 15) is 0 Å². The molecule has 0 aromatic rings. The minimum absolute atomic E-state index is 0.750. The molecule has 44 valence electrons. The molecule has 4 nitrogen and oxygen atoms in total. The Balaban J connectivity index is 0.000000145. The van der Waals surface area contributed by atoms with Crippen molar-refractivity contribution in [3.63, 3.8) is 0 Å². The Morgan fingerprint density at radius 2 is 2.50 bits per heavy atom. The van der Waals surface area contributed by atoms with Crippen molar-refractivity contribution in [3.8, 4) is 6.26 Å². The topological polar surface area (TPSA) is 65.6 Å². The fraction of sp³-hybridized carbons (Fsp3) is 0.500. The van der Waals surface area contributed by atoms with E-state index >= 15 is 0 Å². The zero-order valence-corrected chi connectivity index (χ0v) is 4.24. The fourth-order valence-corrected chi connectivity index (χ4v) is 0.264. The standard InChI is InChI=1S/C3H5NO.CHNO/c1-2-5-3-4-1;2-1-3/h3H,1-2H2;3H. The quantitative estimate of drug-likeness (QED) is 0.446. The first-order chi connectivity index (χ1) is 3.91. The summed E-state index contributed by atoms with van der Waals surface area (Å²) in [6, 6.07) is 0. The smallest absolute Gasteiger partial charge is 0.283 e. The summed E-state index contributed by atoms with van der Waals surface area (Å²) in [5.41, 5.74) is 0. The number of hydrogen-bond acceptors (Lipinski definition) is 4. The normalized spacial score (nSPS) is 12.9. The summed E-state index contributed by atoms with van der Waals surface area (Å²) < 4.78 is 4.65. The van der Waals surface area contributed by atoms with Gasteiger partial charge >= 0.3 is 0 Å². The van der Waals surface area contributed by atoms with Gasteiger partial charge in [-0.15, -0.1) is 0 Å². The Morgan fingerprint density at radius 3 is 2.62 bits per heavy atom. The van der Waals surface area contributed by atoms with Crippen molar-refractivity contribution in [2.45, 2.75) is 0 Å². The molecule has 0 saturated heterocycles. The molecule has 0 unspecified atom stereocenters. The lowest BCUT2D eigenvalue weighted by Crippen LogP contribution is -1.80. The second-order valence-corrected chi connectivity index (χ2v) is 0.982. The summed E-state index contributed by atoms with van der Waals surface area (Å²) in [4.78, 5) is 3.74. The zero-order chi connectivity index (χ0) is 6.24. The summed E-state index contributed by atoms with van der Waals surface area (Å²) in [6.07, 6.45) is 2.24. The first-order valence-electron chi connectivity index (χ1n) is 2.05. The van der Waals surface area contributed by atoms with Gasteiger partial charge in [0.05, 0.1) is 6.54 Å². The molecule has 0 aliphatic carbocycles. The average Bonchev–Trinajstić information content (AvgIpc) is 2.17. The van der Waals surface area contributed by atoms with Gasteiger partial charge in [0.2, 0.25) is 0 Å². The molecule has 0 aromatic carbocycles. The zero-order valence-electron chi connectivity index (χ0n) is 4.24. The van der Waals surface area contributed by atoms with E-state index in [1.165, 1.54) is 6.40 Å². The Kier molecular flexibility index (Phi) is 4.87. The van der Waals surface area contributed by atoms with Gasteiger partial charge in [0.15, 0.2) is 6.40 Å². The van der Waals surface area contributed by atoms with E-state index in [4.69, 9.17) is 10.4 Å². The summed E-state index contributed by atoms with van der Waals surface area (Å²) in [6.45, 7) is 1.62.